The van der Waals surface area contributed by atoms with E-state index in [9.17, 15) is 13.2 Å². The standard InChI is InChI=1S/C16H14N2O4S/c1-22-16(19)14-9-18-15-13(14)7-11(8-17-15)10-3-5-12(6-4-10)23(2,20)21/h3-9H,1-2H3,(H,17,18). The van der Waals surface area contributed by atoms with Crippen molar-refractivity contribution in [2.24, 2.45) is 0 Å². The lowest BCUT2D eigenvalue weighted by Crippen LogP contribution is -1.99. The van der Waals surface area contributed by atoms with Gasteiger partial charge in [-0.25, -0.2) is 18.2 Å². The van der Waals surface area contributed by atoms with Crippen molar-refractivity contribution in [2.45, 2.75) is 4.90 Å². The van der Waals surface area contributed by atoms with Crippen LogP contribution in [0.3, 0.4) is 0 Å². The van der Waals surface area contributed by atoms with E-state index in [-0.39, 0.29) is 4.90 Å². The fourth-order valence-electron chi connectivity index (χ4n) is 2.33. The summed E-state index contributed by atoms with van der Waals surface area (Å²) in [4.78, 5) is 19.2. The summed E-state index contributed by atoms with van der Waals surface area (Å²) in [6, 6.07) is 8.34. The Labute approximate surface area is 133 Å². The predicted molar refractivity (Wildman–Crippen MR) is 86.0 cm³/mol. The molecule has 118 valence electrons. The number of hydrogen-bond donors (Lipinski definition) is 1. The molecule has 0 fully saturated rings. The maximum absolute atomic E-state index is 11.8. The maximum atomic E-state index is 11.8. The molecule has 0 aliphatic rings. The van der Waals surface area contributed by atoms with E-state index in [1.54, 1.807) is 36.7 Å². The zero-order chi connectivity index (χ0) is 16.6. The Bertz CT molecular complexity index is 989. The summed E-state index contributed by atoms with van der Waals surface area (Å²) in [7, 11) is -1.91. The van der Waals surface area contributed by atoms with Crippen LogP contribution in [0.2, 0.25) is 0 Å². The second kappa shape index (κ2) is 5.51. The van der Waals surface area contributed by atoms with Crippen molar-refractivity contribution >= 4 is 26.8 Å². The number of rotatable bonds is 3. The van der Waals surface area contributed by atoms with Crippen LogP contribution in [0.5, 0.6) is 0 Å². The van der Waals surface area contributed by atoms with Crippen molar-refractivity contribution < 1.29 is 17.9 Å². The number of benzene rings is 1. The van der Waals surface area contributed by atoms with Crippen molar-refractivity contribution in [1.82, 2.24) is 9.97 Å². The molecule has 0 radical (unpaired) electrons. The quantitative estimate of drug-likeness (QED) is 0.745. The van der Waals surface area contributed by atoms with E-state index in [4.69, 9.17) is 4.74 Å². The van der Waals surface area contributed by atoms with E-state index in [1.165, 1.54) is 7.11 Å². The Balaban J connectivity index is 2.08. The smallest absolute Gasteiger partial charge is 0.340 e. The van der Waals surface area contributed by atoms with E-state index in [1.807, 2.05) is 6.07 Å². The van der Waals surface area contributed by atoms with Gasteiger partial charge in [0.1, 0.15) is 5.65 Å². The largest absolute Gasteiger partial charge is 0.465 e. The first-order chi connectivity index (χ1) is 10.9. The number of H-pyrrole nitrogens is 1. The van der Waals surface area contributed by atoms with E-state index < -0.39 is 15.8 Å². The summed E-state index contributed by atoms with van der Waals surface area (Å²) in [5, 5.41) is 0.654. The highest BCUT2D eigenvalue weighted by atomic mass is 32.2. The van der Waals surface area contributed by atoms with Crippen LogP contribution in [0.4, 0.5) is 0 Å². The normalized spacial score (nSPS) is 11.6. The van der Waals surface area contributed by atoms with E-state index in [2.05, 4.69) is 9.97 Å². The molecule has 3 aromatic rings. The minimum atomic E-state index is -3.23. The summed E-state index contributed by atoms with van der Waals surface area (Å²) in [6.45, 7) is 0. The van der Waals surface area contributed by atoms with Gasteiger partial charge in [-0.2, -0.15) is 0 Å². The second-order valence-electron chi connectivity index (χ2n) is 5.11. The molecular weight excluding hydrogens is 316 g/mol. The molecule has 0 unspecified atom stereocenters. The molecule has 7 heteroatoms. The van der Waals surface area contributed by atoms with Gasteiger partial charge in [0, 0.05) is 29.6 Å². The van der Waals surface area contributed by atoms with Crippen molar-refractivity contribution in [2.75, 3.05) is 13.4 Å². The van der Waals surface area contributed by atoms with Gasteiger partial charge in [0.25, 0.3) is 0 Å². The van der Waals surface area contributed by atoms with Crippen molar-refractivity contribution in [3.05, 3.63) is 48.3 Å². The van der Waals surface area contributed by atoms with Gasteiger partial charge < -0.3 is 9.72 Å². The molecule has 0 saturated heterocycles. The van der Waals surface area contributed by atoms with Crippen LogP contribution in [0, 0.1) is 0 Å². The third kappa shape index (κ3) is 2.83. The number of nitrogens with one attached hydrogen (secondary N) is 1. The average Bonchev–Trinajstić information content (AvgIpc) is 2.96. The van der Waals surface area contributed by atoms with Crippen LogP contribution in [0.15, 0.2) is 47.6 Å². The number of fused-ring (bicyclic) bond motifs is 1. The summed E-state index contributed by atoms with van der Waals surface area (Å²) in [6.07, 6.45) is 4.38. The second-order valence-corrected chi connectivity index (χ2v) is 7.13. The van der Waals surface area contributed by atoms with Gasteiger partial charge in [-0.15, -0.1) is 0 Å². The number of hydrogen-bond acceptors (Lipinski definition) is 5. The van der Waals surface area contributed by atoms with Gasteiger partial charge in [-0.1, -0.05) is 12.1 Å². The minimum absolute atomic E-state index is 0.257. The number of pyridine rings is 1. The number of carbonyl (C=O) groups is 1. The van der Waals surface area contributed by atoms with Crippen LogP contribution >= 0.6 is 0 Å². The van der Waals surface area contributed by atoms with Crippen molar-refractivity contribution in [3.8, 4) is 11.1 Å². The monoisotopic (exact) mass is 330 g/mol. The Morgan fingerprint density at radius 1 is 1.17 bits per heavy atom. The molecule has 0 saturated carbocycles. The van der Waals surface area contributed by atoms with Crippen molar-refractivity contribution in [3.63, 3.8) is 0 Å². The molecule has 0 amide bonds. The molecule has 2 aromatic heterocycles. The zero-order valence-electron chi connectivity index (χ0n) is 12.5. The Kier molecular flexibility index (Phi) is 3.65. The van der Waals surface area contributed by atoms with Crippen molar-refractivity contribution in [1.29, 1.82) is 0 Å². The summed E-state index contributed by atoms with van der Waals surface area (Å²) in [5.74, 6) is -0.442. The maximum Gasteiger partial charge on any atom is 0.340 e. The number of ether oxygens (including phenoxy) is 1. The van der Waals surface area contributed by atoms with Gasteiger partial charge in [0.15, 0.2) is 9.84 Å². The van der Waals surface area contributed by atoms with E-state index >= 15 is 0 Å². The lowest BCUT2D eigenvalue weighted by Gasteiger charge is -2.04. The highest BCUT2D eigenvalue weighted by molar-refractivity contribution is 7.90. The molecule has 1 N–H and O–H groups in total. The molecule has 3 rings (SSSR count). The molecule has 0 atom stereocenters. The fraction of sp³-hybridized carbons (Fsp3) is 0.125. The summed E-state index contributed by atoms with van der Waals surface area (Å²) in [5.41, 5.74) is 2.58. The summed E-state index contributed by atoms with van der Waals surface area (Å²) < 4.78 is 27.8. The SMILES string of the molecule is COC(=O)c1c[nH]c2ncc(-c3ccc(S(C)(=O)=O)cc3)cc12. The first-order valence-corrected chi connectivity index (χ1v) is 8.65. The Hall–Kier alpha value is -2.67. The Morgan fingerprint density at radius 2 is 1.87 bits per heavy atom. The van der Waals surface area contributed by atoms with Crippen LogP contribution < -0.4 is 0 Å². The first-order valence-electron chi connectivity index (χ1n) is 6.76. The van der Waals surface area contributed by atoms with Gasteiger partial charge in [-0.05, 0) is 23.8 Å². The van der Waals surface area contributed by atoms with Crippen LogP contribution in [0.25, 0.3) is 22.2 Å². The number of aromatic amines is 1. The number of aromatic nitrogens is 2. The number of esters is 1. The number of sulfone groups is 1. The van der Waals surface area contributed by atoms with E-state index in [0.717, 1.165) is 17.4 Å². The average molecular weight is 330 g/mol. The van der Waals surface area contributed by atoms with Gasteiger partial charge >= 0.3 is 5.97 Å². The van der Waals surface area contributed by atoms with E-state index in [0.29, 0.717) is 16.6 Å². The highest BCUT2D eigenvalue weighted by Gasteiger charge is 2.14. The third-order valence-electron chi connectivity index (χ3n) is 3.55. The Morgan fingerprint density at radius 3 is 2.48 bits per heavy atom. The molecule has 1 aromatic carbocycles. The number of carbonyl (C=O) groups excluding carboxylic acids is 1. The molecule has 0 aliphatic heterocycles. The predicted octanol–water partition coefficient (Wildman–Crippen LogP) is 2.42. The highest BCUT2D eigenvalue weighted by Crippen LogP contribution is 2.26. The molecule has 0 spiro atoms. The van der Waals surface area contributed by atoms with Gasteiger partial charge in [0.2, 0.25) is 0 Å². The lowest BCUT2D eigenvalue weighted by atomic mass is 10.1. The van der Waals surface area contributed by atoms with Gasteiger partial charge in [0.05, 0.1) is 17.6 Å². The van der Waals surface area contributed by atoms with Crippen LogP contribution in [0.1, 0.15) is 10.4 Å². The molecular formula is C16H14N2O4S. The molecule has 0 aliphatic carbocycles. The fourth-order valence-corrected chi connectivity index (χ4v) is 2.97. The number of nitrogens with zero attached hydrogens (tertiary/aromatic N) is 1. The molecule has 0 bridgehead atoms. The summed E-state index contributed by atoms with van der Waals surface area (Å²) >= 11 is 0. The first kappa shape index (κ1) is 15.2. The van der Waals surface area contributed by atoms with Crippen LogP contribution in [-0.4, -0.2) is 37.7 Å². The lowest BCUT2D eigenvalue weighted by molar-refractivity contribution is 0.0603. The minimum Gasteiger partial charge on any atom is -0.465 e. The topological polar surface area (TPSA) is 89.1 Å². The third-order valence-corrected chi connectivity index (χ3v) is 4.68. The molecule has 2 heterocycles. The zero-order valence-corrected chi connectivity index (χ0v) is 13.3. The molecule has 6 nitrogen and oxygen atoms in total. The van der Waals surface area contributed by atoms with Gasteiger partial charge in [-0.3, -0.25) is 0 Å². The van der Waals surface area contributed by atoms with Crippen LogP contribution in [-0.2, 0) is 14.6 Å². The number of methoxy groups -OCH3 is 1. The molecule has 23 heavy (non-hydrogen) atoms.